The van der Waals surface area contributed by atoms with Gasteiger partial charge in [0.15, 0.2) is 0 Å². The van der Waals surface area contributed by atoms with Gasteiger partial charge in [0.05, 0.1) is 0 Å². The molecule has 0 aliphatic carbocycles. The summed E-state index contributed by atoms with van der Waals surface area (Å²) < 4.78 is 13.2. The molecular formula is C12H14FNO2. The van der Waals surface area contributed by atoms with Gasteiger partial charge in [0, 0.05) is 0 Å². The summed E-state index contributed by atoms with van der Waals surface area (Å²) in [5, 5.41) is 12.4. The van der Waals surface area contributed by atoms with Gasteiger partial charge < -0.3 is 5.11 Å². The van der Waals surface area contributed by atoms with Gasteiger partial charge in [-0.15, -0.1) is 0 Å². The van der Waals surface area contributed by atoms with Crippen molar-refractivity contribution in [3.63, 3.8) is 0 Å². The van der Waals surface area contributed by atoms with E-state index in [1.165, 1.54) is 12.1 Å². The number of carboxylic acids is 1. The van der Waals surface area contributed by atoms with Crippen molar-refractivity contribution in [2.75, 3.05) is 6.54 Å². The smallest absolute Gasteiger partial charge is 0.328 e. The molecule has 1 aromatic rings. The van der Waals surface area contributed by atoms with Gasteiger partial charge in [-0.1, -0.05) is 19.1 Å². The highest BCUT2D eigenvalue weighted by Gasteiger charge is 2.48. The van der Waals surface area contributed by atoms with Crippen LogP contribution in [0.5, 0.6) is 0 Å². The predicted octanol–water partition coefficient (Wildman–Crippen LogP) is 1.73. The van der Waals surface area contributed by atoms with Crippen molar-refractivity contribution in [2.24, 2.45) is 5.92 Å². The molecule has 0 bridgehead atoms. The Morgan fingerprint density at radius 2 is 2.38 bits per heavy atom. The van der Waals surface area contributed by atoms with E-state index in [0.717, 1.165) is 6.42 Å². The Kier molecular flexibility index (Phi) is 2.68. The summed E-state index contributed by atoms with van der Waals surface area (Å²) in [5.41, 5.74) is -0.646. The van der Waals surface area contributed by atoms with E-state index in [1.807, 2.05) is 6.92 Å². The zero-order chi connectivity index (χ0) is 11.8. The molecule has 0 amide bonds. The summed E-state index contributed by atoms with van der Waals surface area (Å²) >= 11 is 0. The molecule has 1 fully saturated rings. The first kappa shape index (κ1) is 11.1. The third kappa shape index (κ3) is 1.50. The number of hydrogen-bond donors (Lipinski definition) is 2. The van der Waals surface area contributed by atoms with Gasteiger partial charge in [0.25, 0.3) is 0 Å². The Morgan fingerprint density at radius 3 is 2.88 bits per heavy atom. The van der Waals surface area contributed by atoms with Crippen LogP contribution in [0.25, 0.3) is 0 Å². The largest absolute Gasteiger partial charge is 0.480 e. The standard InChI is InChI=1S/C12H14FNO2/c1-8-5-6-14-12(8,11(15)16)9-3-2-4-10(13)7-9/h2-4,7-8,14H,5-6H2,1H3,(H,15,16)/t8-,12-/m0/s1. The van der Waals surface area contributed by atoms with Gasteiger partial charge in [0.1, 0.15) is 11.4 Å². The van der Waals surface area contributed by atoms with Crippen molar-refractivity contribution in [3.8, 4) is 0 Å². The fourth-order valence-corrected chi connectivity index (χ4v) is 2.41. The molecule has 1 heterocycles. The first-order chi connectivity index (χ1) is 7.57. The second-order valence-corrected chi connectivity index (χ2v) is 4.24. The molecule has 4 heteroatoms. The SMILES string of the molecule is C[C@H]1CCN[C@]1(C(=O)O)c1cccc(F)c1. The minimum atomic E-state index is -1.14. The van der Waals surface area contributed by atoms with Crippen LogP contribution in [0.3, 0.4) is 0 Å². The molecule has 1 aliphatic rings. The molecule has 0 spiro atoms. The topological polar surface area (TPSA) is 49.3 Å². The van der Waals surface area contributed by atoms with Crippen LogP contribution < -0.4 is 5.32 Å². The molecule has 86 valence electrons. The van der Waals surface area contributed by atoms with Crippen LogP contribution in [0.4, 0.5) is 4.39 Å². The molecule has 16 heavy (non-hydrogen) atoms. The van der Waals surface area contributed by atoms with E-state index in [1.54, 1.807) is 12.1 Å². The van der Waals surface area contributed by atoms with E-state index in [0.29, 0.717) is 12.1 Å². The highest BCUT2D eigenvalue weighted by atomic mass is 19.1. The van der Waals surface area contributed by atoms with Gasteiger partial charge in [-0.05, 0) is 36.6 Å². The van der Waals surface area contributed by atoms with Crippen LogP contribution in [0.1, 0.15) is 18.9 Å². The first-order valence-electron chi connectivity index (χ1n) is 5.32. The van der Waals surface area contributed by atoms with Gasteiger partial charge in [-0.3, -0.25) is 5.32 Å². The van der Waals surface area contributed by atoms with Crippen molar-refractivity contribution in [2.45, 2.75) is 18.9 Å². The average Bonchev–Trinajstić information content (AvgIpc) is 2.61. The van der Waals surface area contributed by atoms with Crippen molar-refractivity contribution in [1.82, 2.24) is 5.32 Å². The maximum Gasteiger partial charge on any atom is 0.328 e. The third-order valence-corrected chi connectivity index (χ3v) is 3.34. The minimum absolute atomic E-state index is 0.0493. The zero-order valence-electron chi connectivity index (χ0n) is 9.03. The number of carbonyl (C=O) groups is 1. The van der Waals surface area contributed by atoms with Gasteiger partial charge in [-0.25, -0.2) is 9.18 Å². The molecule has 3 nitrogen and oxygen atoms in total. The fraction of sp³-hybridized carbons (Fsp3) is 0.417. The summed E-state index contributed by atoms with van der Waals surface area (Å²) in [6.45, 7) is 2.52. The second kappa shape index (κ2) is 3.87. The Balaban J connectivity index is 2.52. The quantitative estimate of drug-likeness (QED) is 0.802. The van der Waals surface area contributed by atoms with E-state index in [-0.39, 0.29) is 5.92 Å². The van der Waals surface area contributed by atoms with Crippen LogP contribution in [0.2, 0.25) is 0 Å². The number of benzene rings is 1. The Labute approximate surface area is 93.3 Å². The van der Waals surface area contributed by atoms with Gasteiger partial charge in [-0.2, -0.15) is 0 Å². The Bertz CT molecular complexity index is 421. The normalized spacial score (nSPS) is 29.2. The van der Waals surface area contributed by atoms with E-state index >= 15 is 0 Å². The van der Waals surface area contributed by atoms with Crippen molar-refractivity contribution in [3.05, 3.63) is 35.6 Å². The van der Waals surface area contributed by atoms with Gasteiger partial charge in [0.2, 0.25) is 0 Å². The summed E-state index contributed by atoms with van der Waals surface area (Å²) in [4.78, 5) is 11.5. The lowest BCUT2D eigenvalue weighted by atomic mass is 9.80. The maximum atomic E-state index is 13.2. The molecule has 2 N–H and O–H groups in total. The molecule has 0 aromatic heterocycles. The molecule has 2 atom stereocenters. The lowest BCUT2D eigenvalue weighted by molar-refractivity contribution is -0.146. The zero-order valence-corrected chi connectivity index (χ0v) is 9.03. The number of aliphatic carboxylic acids is 1. The predicted molar refractivity (Wildman–Crippen MR) is 57.5 cm³/mol. The summed E-state index contributed by atoms with van der Waals surface area (Å²) in [6, 6.07) is 5.82. The van der Waals surface area contributed by atoms with Crippen LogP contribution in [0, 0.1) is 11.7 Å². The van der Waals surface area contributed by atoms with E-state index in [9.17, 15) is 14.3 Å². The Morgan fingerprint density at radius 1 is 1.62 bits per heavy atom. The van der Waals surface area contributed by atoms with Crippen molar-refractivity contribution < 1.29 is 14.3 Å². The summed E-state index contributed by atoms with van der Waals surface area (Å²) in [5.74, 6) is -1.39. The molecule has 2 rings (SSSR count). The second-order valence-electron chi connectivity index (χ2n) is 4.24. The van der Waals surface area contributed by atoms with Gasteiger partial charge >= 0.3 is 5.97 Å². The molecule has 0 unspecified atom stereocenters. The number of hydrogen-bond acceptors (Lipinski definition) is 2. The van der Waals surface area contributed by atoms with Crippen LogP contribution in [-0.4, -0.2) is 17.6 Å². The van der Waals surface area contributed by atoms with Crippen LogP contribution in [-0.2, 0) is 10.3 Å². The summed E-state index contributed by atoms with van der Waals surface area (Å²) in [7, 11) is 0. The van der Waals surface area contributed by atoms with Crippen molar-refractivity contribution >= 4 is 5.97 Å². The molecule has 1 aromatic carbocycles. The summed E-state index contributed by atoms with van der Waals surface area (Å²) in [6.07, 6.45) is 0.781. The first-order valence-corrected chi connectivity index (χ1v) is 5.32. The Hall–Kier alpha value is -1.42. The number of carboxylic acid groups (broad SMARTS) is 1. The van der Waals surface area contributed by atoms with E-state index in [4.69, 9.17) is 0 Å². The van der Waals surface area contributed by atoms with E-state index < -0.39 is 17.3 Å². The fourth-order valence-electron chi connectivity index (χ4n) is 2.41. The molecule has 0 saturated carbocycles. The minimum Gasteiger partial charge on any atom is -0.480 e. The number of rotatable bonds is 2. The lowest BCUT2D eigenvalue weighted by Crippen LogP contribution is -2.48. The molecule has 1 aliphatic heterocycles. The monoisotopic (exact) mass is 223 g/mol. The molecule has 0 radical (unpaired) electrons. The third-order valence-electron chi connectivity index (χ3n) is 3.34. The highest BCUT2D eigenvalue weighted by Crippen LogP contribution is 2.36. The van der Waals surface area contributed by atoms with Crippen LogP contribution in [0.15, 0.2) is 24.3 Å². The van der Waals surface area contributed by atoms with Crippen LogP contribution >= 0.6 is 0 Å². The van der Waals surface area contributed by atoms with Crippen molar-refractivity contribution in [1.29, 1.82) is 0 Å². The number of halogens is 1. The lowest BCUT2D eigenvalue weighted by Gasteiger charge is -2.29. The highest BCUT2D eigenvalue weighted by molar-refractivity contribution is 5.81. The van der Waals surface area contributed by atoms with E-state index in [2.05, 4.69) is 5.32 Å². The maximum absolute atomic E-state index is 13.2. The number of nitrogens with one attached hydrogen (secondary N) is 1. The molecular weight excluding hydrogens is 209 g/mol. The average molecular weight is 223 g/mol. The molecule has 1 saturated heterocycles.